The predicted molar refractivity (Wildman–Crippen MR) is 107 cm³/mol. The van der Waals surface area contributed by atoms with Crippen LogP contribution in [-0.4, -0.2) is 43.9 Å². The van der Waals surface area contributed by atoms with E-state index < -0.39 is 24.3 Å². The molecule has 4 rings (SSSR count). The van der Waals surface area contributed by atoms with Gasteiger partial charge < -0.3 is 5.32 Å². The van der Waals surface area contributed by atoms with E-state index in [1.165, 1.54) is 16.9 Å². The standard InChI is InChI=1S/C19H13Cl2N5O3/c1-10-6-15(26(24-10)17-14(21)7-11(20)8-22-17)23-16(27)9-25-18(28)12-4-2-3-5-13(12)19(25)29/h2-8H,9H2,1H3,(H,23,27). The SMILES string of the molecule is Cc1cc(NC(=O)CN2C(=O)c3ccccc3C2=O)n(-c2ncc(Cl)cc2Cl)n1. The lowest BCUT2D eigenvalue weighted by Crippen LogP contribution is -2.37. The number of hydrogen-bond donors (Lipinski definition) is 1. The Bertz CT molecular complexity index is 1140. The maximum atomic E-state index is 12.6. The van der Waals surface area contributed by atoms with Gasteiger partial charge in [0.25, 0.3) is 11.8 Å². The maximum Gasteiger partial charge on any atom is 0.262 e. The highest BCUT2D eigenvalue weighted by Crippen LogP contribution is 2.25. The molecule has 1 aromatic carbocycles. The van der Waals surface area contributed by atoms with Crippen LogP contribution in [0.15, 0.2) is 42.6 Å². The summed E-state index contributed by atoms with van der Waals surface area (Å²) in [5.41, 5.74) is 1.17. The monoisotopic (exact) mass is 429 g/mol. The fraction of sp³-hybridized carbons (Fsp3) is 0.105. The second-order valence-electron chi connectivity index (χ2n) is 6.33. The molecule has 0 atom stereocenters. The molecule has 1 aliphatic heterocycles. The highest BCUT2D eigenvalue weighted by Gasteiger charge is 2.36. The molecule has 0 saturated carbocycles. The number of benzene rings is 1. The van der Waals surface area contributed by atoms with Crippen LogP contribution in [0.4, 0.5) is 5.82 Å². The first kappa shape index (κ1) is 19.1. The predicted octanol–water partition coefficient (Wildman–Crippen LogP) is 3.12. The quantitative estimate of drug-likeness (QED) is 0.642. The van der Waals surface area contributed by atoms with Gasteiger partial charge in [-0.2, -0.15) is 9.78 Å². The topological polar surface area (TPSA) is 97.2 Å². The molecule has 1 N–H and O–H groups in total. The van der Waals surface area contributed by atoms with E-state index in [-0.39, 0.29) is 22.0 Å². The van der Waals surface area contributed by atoms with E-state index in [0.29, 0.717) is 16.5 Å². The number of aryl methyl sites for hydroxylation is 1. The van der Waals surface area contributed by atoms with Gasteiger partial charge in [-0.3, -0.25) is 19.3 Å². The van der Waals surface area contributed by atoms with Crippen LogP contribution in [0.25, 0.3) is 5.82 Å². The molecule has 29 heavy (non-hydrogen) atoms. The van der Waals surface area contributed by atoms with Crippen molar-refractivity contribution in [3.8, 4) is 5.82 Å². The number of carbonyl (C=O) groups is 3. The highest BCUT2D eigenvalue weighted by atomic mass is 35.5. The summed E-state index contributed by atoms with van der Waals surface area (Å²) in [4.78, 5) is 42.5. The van der Waals surface area contributed by atoms with Gasteiger partial charge in [0.05, 0.1) is 26.9 Å². The number of nitrogens with one attached hydrogen (secondary N) is 1. The second-order valence-corrected chi connectivity index (χ2v) is 7.18. The molecule has 0 spiro atoms. The molecule has 0 fully saturated rings. The van der Waals surface area contributed by atoms with Gasteiger partial charge in [-0.15, -0.1) is 0 Å². The maximum absolute atomic E-state index is 12.6. The molecule has 0 bridgehead atoms. The van der Waals surface area contributed by atoms with Crippen LogP contribution < -0.4 is 5.32 Å². The molecule has 0 aliphatic carbocycles. The van der Waals surface area contributed by atoms with Gasteiger partial charge in [0, 0.05) is 12.3 Å². The molecule has 0 radical (unpaired) electrons. The summed E-state index contributed by atoms with van der Waals surface area (Å²) in [5, 5.41) is 7.54. The van der Waals surface area contributed by atoms with Crippen LogP contribution in [0.5, 0.6) is 0 Å². The number of aromatic nitrogens is 3. The van der Waals surface area contributed by atoms with E-state index in [1.54, 1.807) is 37.3 Å². The number of anilines is 1. The molecule has 0 unspecified atom stereocenters. The van der Waals surface area contributed by atoms with E-state index in [0.717, 1.165) is 4.90 Å². The number of imide groups is 1. The fourth-order valence-corrected chi connectivity index (χ4v) is 3.48. The Balaban J connectivity index is 1.56. The lowest BCUT2D eigenvalue weighted by Gasteiger charge is -2.14. The van der Waals surface area contributed by atoms with E-state index in [9.17, 15) is 14.4 Å². The van der Waals surface area contributed by atoms with Crippen molar-refractivity contribution in [2.75, 3.05) is 11.9 Å². The lowest BCUT2D eigenvalue weighted by atomic mass is 10.1. The fourth-order valence-electron chi connectivity index (χ4n) is 3.02. The van der Waals surface area contributed by atoms with Gasteiger partial charge in [-0.05, 0) is 25.1 Å². The minimum Gasteiger partial charge on any atom is -0.309 e. The summed E-state index contributed by atoms with van der Waals surface area (Å²) < 4.78 is 1.36. The smallest absolute Gasteiger partial charge is 0.262 e. The Labute approximate surface area is 175 Å². The zero-order valence-corrected chi connectivity index (χ0v) is 16.5. The number of pyridine rings is 1. The number of nitrogens with zero attached hydrogens (tertiary/aromatic N) is 4. The van der Waals surface area contributed by atoms with Crippen LogP contribution in [0.1, 0.15) is 26.4 Å². The Hall–Kier alpha value is -3.23. The van der Waals surface area contributed by atoms with Crippen molar-refractivity contribution in [2.24, 2.45) is 0 Å². The van der Waals surface area contributed by atoms with E-state index >= 15 is 0 Å². The average Bonchev–Trinajstić information content (AvgIpc) is 3.15. The van der Waals surface area contributed by atoms with Gasteiger partial charge in [0.1, 0.15) is 12.4 Å². The van der Waals surface area contributed by atoms with Gasteiger partial charge >= 0.3 is 0 Å². The van der Waals surface area contributed by atoms with Gasteiger partial charge in [-0.25, -0.2) is 4.98 Å². The molecule has 2 aromatic heterocycles. The second kappa shape index (κ2) is 7.31. The summed E-state index contributed by atoms with van der Waals surface area (Å²) in [6.45, 7) is 1.30. The molecule has 146 valence electrons. The summed E-state index contributed by atoms with van der Waals surface area (Å²) in [6.07, 6.45) is 1.41. The van der Waals surface area contributed by atoms with Crippen LogP contribution in [0.2, 0.25) is 10.0 Å². The molecular weight excluding hydrogens is 417 g/mol. The zero-order chi connectivity index (χ0) is 20.7. The minimum atomic E-state index is -0.564. The molecule has 3 aromatic rings. The highest BCUT2D eigenvalue weighted by molar-refractivity contribution is 6.35. The Kier molecular flexibility index (Phi) is 4.81. The molecule has 8 nitrogen and oxygen atoms in total. The number of hydrogen-bond acceptors (Lipinski definition) is 5. The summed E-state index contributed by atoms with van der Waals surface area (Å²) in [5.74, 6) is -1.01. The van der Waals surface area contributed by atoms with Crippen LogP contribution in [0, 0.1) is 6.92 Å². The normalized spacial score (nSPS) is 13.0. The molecule has 1 aliphatic rings. The number of carbonyl (C=O) groups excluding carboxylic acids is 3. The zero-order valence-electron chi connectivity index (χ0n) is 15.0. The third kappa shape index (κ3) is 3.48. The van der Waals surface area contributed by atoms with Crippen molar-refractivity contribution in [2.45, 2.75) is 6.92 Å². The Morgan fingerprint density at radius 3 is 2.38 bits per heavy atom. The molecule has 3 heterocycles. The third-order valence-electron chi connectivity index (χ3n) is 4.27. The third-order valence-corrected chi connectivity index (χ3v) is 4.75. The first-order chi connectivity index (χ1) is 13.8. The number of halogens is 2. The van der Waals surface area contributed by atoms with E-state index in [2.05, 4.69) is 15.4 Å². The molecule has 10 heteroatoms. The van der Waals surface area contributed by atoms with Crippen molar-refractivity contribution in [3.63, 3.8) is 0 Å². The van der Waals surface area contributed by atoms with Crippen LogP contribution >= 0.6 is 23.2 Å². The first-order valence-corrected chi connectivity index (χ1v) is 9.24. The number of fused-ring (bicyclic) bond motifs is 1. The lowest BCUT2D eigenvalue weighted by molar-refractivity contribution is -0.116. The first-order valence-electron chi connectivity index (χ1n) is 8.48. The Morgan fingerprint density at radius 1 is 1.10 bits per heavy atom. The van der Waals surface area contributed by atoms with Crippen molar-refractivity contribution in [3.05, 3.63) is 69.5 Å². The van der Waals surface area contributed by atoms with Crippen molar-refractivity contribution < 1.29 is 14.4 Å². The van der Waals surface area contributed by atoms with Crippen molar-refractivity contribution in [1.82, 2.24) is 19.7 Å². The number of rotatable bonds is 4. The van der Waals surface area contributed by atoms with Crippen LogP contribution in [-0.2, 0) is 4.79 Å². The molecular formula is C19H13Cl2N5O3. The van der Waals surface area contributed by atoms with Crippen molar-refractivity contribution in [1.29, 1.82) is 0 Å². The number of amides is 3. The van der Waals surface area contributed by atoms with E-state index in [1.807, 2.05) is 0 Å². The summed E-state index contributed by atoms with van der Waals surface area (Å²) in [7, 11) is 0. The molecule has 3 amide bonds. The van der Waals surface area contributed by atoms with Gasteiger partial charge in [0.2, 0.25) is 5.91 Å². The molecule has 0 saturated heterocycles. The Morgan fingerprint density at radius 2 is 1.76 bits per heavy atom. The van der Waals surface area contributed by atoms with Gasteiger partial charge in [-0.1, -0.05) is 35.3 Å². The summed E-state index contributed by atoms with van der Waals surface area (Å²) >= 11 is 12.1. The minimum absolute atomic E-state index is 0.247. The van der Waals surface area contributed by atoms with Crippen molar-refractivity contribution >= 4 is 46.7 Å². The van der Waals surface area contributed by atoms with Crippen LogP contribution in [0.3, 0.4) is 0 Å². The van der Waals surface area contributed by atoms with Gasteiger partial charge in [0.15, 0.2) is 5.82 Å². The largest absolute Gasteiger partial charge is 0.309 e. The summed E-state index contributed by atoms with van der Waals surface area (Å²) in [6, 6.07) is 9.56. The average molecular weight is 430 g/mol. The van der Waals surface area contributed by atoms with E-state index in [4.69, 9.17) is 23.2 Å².